The molecule has 4 rings (SSSR count). The highest BCUT2D eigenvalue weighted by atomic mass is 35.5. The van der Waals surface area contributed by atoms with Crippen LogP contribution in [0.15, 0.2) is 52.9 Å². The number of quaternary nitrogens is 1. The van der Waals surface area contributed by atoms with Gasteiger partial charge in [-0.1, -0.05) is 44.2 Å². The van der Waals surface area contributed by atoms with Gasteiger partial charge in [-0.05, 0) is 12.1 Å². The quantitative estimate of drug-likeness (QED) is 0.592. The van der Waals surface area contributed by atoms with Gasteiger partial charge in [-0.25, -0.2) is 0 Å². The van der Waals surface area contributed by atoms with Crippen LogP contribution in [0.5, 0.6) is 11.5 Å². The SMILES string of the molecule is CCC(CC)(COc1c(-c2ccccc2)oc2cc(OC)ccc12)[NH+]1CCCC1.[Cl-]. The first-order valence-electron chi connectivity index (χ1n) is 10.8. The molecule has 0 amide bonds. The van der Waals surface area contributed by atoms with Crippen LogP contribution in [0.3, 0.4) is 0 Å². The minimum absolute atomic E-state index is 0. The van der Waals surface area contributed by atoms with E-state index < -0.39 is 0 Å². The van der Waals surface area contributed by atoms with E-state index in [0.717, 1.165) is 46.6 Å². The van der Waals surface area contributed by atoms with Crippen LogP contribution in [0.1, 0.15) is 39.5 Å². The number of benzene rings is 2. The molecule has 1 aliphatic heterocycles. The summed E-state index contributed by atoms with van der Waals surface area (Å²) in [4.78, 5) is 1.69. The number of halogens is 1. The molecule has 4 nitrogen and oxygen atoms in total. The van der Waals surface area contributed by atoms with E-state index in [1.807, 2.05) is 36.4 Å². The third kappa shape index (κ3) is 4.17. The van der Waals surface area contributed by atoms with E-state index >= 15 is 0 Å². The standard InChI is InChI=1S/C25H31NO3.ClH/c1-4-25(5-2,26-15-9-10-16-26)18-28-24-21-14-13-20(27-3)17-22(21)29-23(24)19-11-7-6-8-12-19;/h6-8,11-14,17H,4-5,9-10,15-16,18H2,1-3H3;1H. The van der Waals surface area contributed by atoms with Gasteiger partial charge in [0.05, 0.1) is 25.6 Å². The fourth-order valence-corrected chi connectivity index (χ4v) is 4.70. The fourth-order valence-electron chi connectivity index (χ4n) is 4.70. The molecule has 3 aromatic rings. The Balaban J connectivity index is 0.00000256. The highest BCUT2D eigenvalue weighted by Crippen LogP contribution is 2.41. The second kappa shape index (κ2) is 9.76. The highest BCUT2D eigenvalue weighted by molar-refractivity contribution is 5.92. The van der Waals surface area contributed by atoms with E-state index in [-0.39, 0.29) is 17.9 Å². The van der Waals surface area contributed by atoms with Crippen molar-refractivity contribution in [2.75, 3.05) is 26.8 Å². The average molecular weight is 430 g/mol. The summed E-state index contributed by atoms with van der Waals surface area (Å²) in [5.41, 5.74) is 1.98. The maximum atomic E-state index is 6.62. The van der Waals surface area contributed by atoms with Crippen molar-refractivity contribution in [3.63, 3.8) is 0 Å². The normalized spacial score (nSPS) is 14.6. The van der Waals surface area contributed by atoms with Gasteiger partial charge in [0.1, 0.15) is 23.5 Å². The van der Waals surface area contributed by atoms with Crippen LogP contribution < -0.4 is 26.8 Å². The summed E-state index contributed by atoms with van der Waals surface area (Å²) < 4.78 is 18.3. The van der Waals surface area contributed by atoms with Crippen molar-refractivity contribution in [2.45, 2.75) is 45.1 Å². The maximum absolute atomic E-state index is 6.62. The lowest BCUT2D eigenvalue weighted by Gasteiger charge is -2.37. The second-order valence-electron chi connectivity index (χ2n) is 8.08. The predicted molar refractivity (Wildman–Crippen MR) is 117 cm³/mol. The Hall–Kier alpha value is -2.17. The van der Waals surface area contributed by atoms with Crippen LogP contribution in [-0.2, 0) is 0 Å². The number of hydrogen-bond acceptors (Lipinski definition) is 3. The Morgan fingerprint density at radius 1 is 1.00 bits per heavy atom. The van der Waals surface area contributed by atoms with Gasteiger partial charge in [-0.15, -0.1) is 0 Å². The van der Waals surface area contributed by atoms with E-state index in [2.05, 4.69) is 26.0 Å². The minimum Gasteiger partial charge on any atom is -1.00 e. The lowest BCUT2D eigenvalue weighted by molar-refractivity contribution is -0.942. The molecule has 1 aliphatic rings. The molecular formula is C25H32ClNO3. The van der Waals surface area contributed by atoms with Gasteiger partial charge in [-0.3, -0.25) is 0 Å². The van der Waals surface area contributed by atoms with Gasteiger partial charge in [-0.2, -0.15) is 0 Å². The summed E-state index contributed by atoms with van der Waals surface area (Å²) in [6.45, 7) is 7.80. The van der Waals surface area contributed by atoms with Crippen molar-refractivity contribution >= 4 is 11.0 Å². The van der Waals surface area contributed by atoms with Crippen molar-refractivity contribution < 1.29 is 31.2 Å². The summed E-state index contributed by atoms with van der Waals surface area (Å²) in [5.74, 6) is 2.43. The largest absolute Gasteiger partial charge is 1.00 e. The van der Waals surface area contributed by atoms with Gasteiger partial charge in [0.2, 0.25) is 0 Å². The van der Waals surface area contributed by atoms with E-state index in [1.165, 1.54) is 25.9 Å². The second-order valence-corrected chi connectivity index (χ2v) is 8.08. The van der Waals surface area contributed by atoms with Gasteiger partial charge in [0.15, 0.2) is 11.5 Å². The van der Waals surface area contributed by atoms with E-state index in [0.29, 0.717) is 6.61 Å². The number of hydrogen-bond donors (Lipinski definition) is 1. The molecule has 5 heteroatoms. The van der Waals surface area contributed by atoms with Crippen molar-refractivity contribution in [2.24, 2.45) is 0 Å². The predicted octanol–water partition coefficient (Wildman–Crippen LogP) is 1.73. The Labute approximate surface area is 185 Å². The monoisotopic (exact) mass is 429 g/mol. The molecule has 1 saturated heterocycles. The molecule has 1 fully saturated rings. The third-order valence-electron chi connectivity index (χ3n) is 6.69. The summed E-state index contributed by atoms with van der Waals surface area (Å²) in [6.07, 6.45) is 4.87. The molecule has 30 heavy (non-hydrogen) atoms. The summed E-state index contributed by atoms with van der Waals surface area (Å²) >= 11 is 0. The van der Waals surface area contributed by atoms with E-state index in [4.69, 9.17) is 13.9 Å². The van der Waals surface area contributed by atoms with Gasteiger partial charge in [0, 0.05) is 37.3 Å². The van der Waals surface area contributed by atoms with Crippen LogP contribution >= 0.6 is 0 Å². The topological polar surface area (TPSA) is 36.0 Å². The Kier molecular flexibility index (Phi) is 7.32. The first-order chi connectivity index (χ1) is 14.2. The van der Waals surface area contributed by atoms with Crippen molar-refractivity contribution in [1.82, 2.24) is 0 Å². The average Bonchev–Trinajstić information content (AvgIpc) is 3.44. The van der Waals surface area contributed by atoms with Crippen molar-refractivity contribution in [1.29, 1.82) is 0 Å². The Morgan fingerprint density at radius 3 is 2.33 bits per heavy atom. The molecule has 1 aromatic heterocycles. The number of fused-ring (bicyclic) bond motifs is 1. The summed E-state index contributed by atoms with van der Waals surface area (Å²) in [7, 11) is 1.68. The summed E-state index contributed by atoms with van der Waals surface area (Å²) in [5, 5.41) is 1.00. The third-order valence-corrected chi connectivity index (χ3v) is 6.69. The molecule has 0 aliphatic carbocycles. The van der Waals surface area contributed by atoms with Crippen LogP contribution in [-0.4, -0.2) is 32.3 Å². The van der Waals surface area contributed by atoms with E-state index in [9.17, 15) is 0 Å². The molecule has 0 unspecified atom stereocenters. The Morgan fingerprint density at radius 2 is 1.70 bits per heavy atom. The molecule has 0 spiro atoms. The molecule has 0 saturated carbocycles. The number of furan rings is 1. The zero-order chi connectivity index (χ0) is 20.3. The Bertz CT molecular complexity index is 944. The zero-order valence-corrected chi connectivity index (χ0v) is 18.9. The number of methoxy groups -OCH3 is 1. The lowest BCUT2D eigenvalue weighted by atomic mass is 9.92. The maximum Gasteiger partial charge on any atom is 0.177 e. The molecule has 0 bridgehead atoms. The number of likely N-dealkylation sites (tertiary alicyclic amines) is 1. The summed E-state index contributed by atoms with van der Waals surface area (Å²) in [6, 6.07) is 16.2. The molecule has 0 atom stereocenters. The van der Waals surface area contributed by atoms with E-state index in [1.54, 1.807) is 12.0 Å². The van der Waals surface area contributed by atoms with Gasteiger partial charge >= 0.3 is 0 Å². The highest BCUT2D eigenvalue weighted by Gasteiger charge is 2.40. The number of nitrogens with one attached hydrogen (secondary N) is 1. The first-order valence-corrected chi connectivity index (χ1v) is 10.8. The fraction of sp³-hybridized carbons (Fsp3) is 0.440. The number of rotatable bonds is 8. The van der Waals surface area contributed by atoms with Crippen molar-refractivity contribution in [3.8, 4) is 22.8 Å². The number of ether oxygens (including phenoxy) is 2. The molecule has 2 heterocycles. The van der Waals surface area contributed by atoms with Gasteiger partial charge < -0.3 is 31.2 Å². The van der Waals surface area contributed by atoms with Crippen LogP contribution in [0.4, 0.5) is 0 Å². The van der Waals surface area contributed by atoms with Crippen LogP contribution in [0, 0.1) is 0 Å². The smallest absolute Gasteiger partial charge is 0.177 e. The zero-order valence-electron chi connectivity index (χ0n) is 18.2. The molecule has 2 aromatic carbocycles. The lowest BCUT2D eigenvalue weighted by Crippen LogP contribution is -3.19. The molecule has 0 radical (unpaired) electrons. The molecule has 1 N–H and O–H groups in total. The van der Waals surface area contributed by atoms with Crippen LogP contribution in [0.25, 0.3) is 22.3 Å². The molecular weight excluding hydrogens is 398 g/mol. The molecule has 162 valence electrons. The van der Waals surface area contributed by atoms with Crippen LogP contribution in [0.2, 0.25) is 0 Å². The first kappa shape index (κ1) is 22.5. The minimum atomic E-state index is 0. The van der Waals surface area contributed by atoms with Gasteiger partial charge in [0.25, 0.3) is 0 Å². The van der Waals surface area contributed by atoms with Crippen molar-refractivity contribution in [3.05, 3.63) is 48.5 Å².